The average molecular weight is 315 g/mol. The van der Waals surface area contributed by atoms with E-state index in [0.29, 0.717) is 5.95 Å². The fourth-order valence-corrected chi connectivity index (χ4v) is 2.67. The largest absolute Gasteiger partial charge is 0.324 e. The van der Waals surface area contributed by atoms with Crippen molar-refractivity contribution >= 4 is 22.7 Å². The molecule has 0 spiro atoms. The number of hydrogen-bond acceptors (Lipinski definition) is 4. The second kappa shape index (κ2) is 5.77. The molecule has 0 saturated heterocycles. The Morgan fingerprint density at radius 3 is 2.79 bits per heavy atom. The molecule has 1 aromatic carbocycles. The van der Waals surface area contributed by atoms with Crippen LogP contribution in [-0.4, -0.2) is 19.5 Å². The van der Waals surface area contributed by atoms with Crippen LogP contribution in [-0.2, 0) is 0 Å². The normalized spacial score (nSPS) is 10.9. The Hall–Kier alpha value is -3.21. The minimum Gasteiger partial charge on any atom is -0.324 e. The molecule has 0 amide bonds. The molecule has 0 aliphatic carbocycles. The van der Waals surface area contributed by atoms with Crippen LogP contribution in [0.5, 0.6) is 0 Å². The Bertz CT molecular complexity index is 1000. The molecule has 24 heavy (non-hydrogen) atoms. The maximum absolute atomic E-state index is 4.69. The quantitative estimate of drug-likeness (QED) is 0.616. The van der Waals surface area contributed by atoms with Gasteiger partial charge in [-0.25, -0.2) is 4.98 Å². The van der Waals surface area contributed by atoms with Crippen molar-refractivity contribution in [3.8, 4) is 5.69 Å². The number of nitrogens with zero attached hydrogens (tertiary/aromatic N) is 4. The number of aryl methyl sites for hydroxylation is 2. The molecule has 4 rings (SSSR count). The highest BCUT2D eigenvalue weighted by Crippen LogP contribution is 2.22. The molecule has 0 bridgehead atoms. The topological polar surface area (TPSA) is 55.6 Å². The number of hydrogen-bond donors (Lipinski definition) is 1. The first-order valence-electron chi connectivity index (χ1n) is 7.79. The van der Waals surface area contributed by atoms with Gasteiger partial charge in [-0.05, 0) is 49.2 Å². The minimum atomic E-state index is 0.583. The van der Waals surface area contributed by atoms with E-state index in [4.69, 9.17) is 4.98 Å². The van der Waals surface area contributed by atoms with Gasteiger partial charge in [0.25, 0.3) is 0 Å². The summed E-state index contributed by atoms with van der Waals surface area (Å²) < 4.78 is 2.01. The van der Waals surface area contributed by atoms with E-state index in [2.05, 4.69) is 47.3 Å². The number of fused-ring (bicyclic) bond motifs is 1. The first-order valence-corrected chi connectivity index (χ1v) is 7.79. The molecule has 0 aliphatic heterocycles. The van der Waals surface area contributed by atoms with Crippen LogP contribution in [0.25, 0.3) is 16.7 Å². The summed E-state index contributed by atoms with van der Waals surface area (Å²) in [5, 5.41) is 4.31. The predicted octanol–water partition coefficient (Wildman–Crippen LogP) is 4.18. The van der Waals surface area contributed by atoms with Gasteiger partial charge in [-0.2, -0.15) is 4.98 Å². The van der Waals surface area contributed by atoms with Crippen molar-refractivity contribution in [3.63, 3.8) is 0 Å². The maximum Gasteiger partial charge on any atom is 0.229 e. The highest BCUT2D eigenvalue weighted by Gasteiger charge is 2.08. The van der Waals surface area contributed by atoms with Gasteiger partial charge < -0.3 is 5.32 Å². The number of aromatic nitrogens is 4. The molecule has 0 unspecified atom stereocenters. The van der Waals surface area contributed by atoms with Crippen molar-refractivity contribution in [2.24, 2.45) is 0 Å². The first kappa shape index (κ1) is 14.4. The summed E-state index contributed by atoms with van der Waals surface area (Å²) in [7, 11) is 0. The van der Waals surface area contributed by atoms with Crippen LogP contribution in [0.1, 0.15) is 11.1 Å². The molecule has 5 nitrogen and oxygen atoms in total. The summed E-state index contributed by atoms with van der Waals surface area (Å²) >= 11 is 0. The lowest BCUT2D eigenvalue weighted by molar-refractivity contribution is 1.06. The molecule has 0 saturated carbocycles. The zero-order valence-electron chi connectivity index (χ0n) is 13.6. The van der Waals surface area contributed by atoms with Crippen LogP contribution in [0.2, 0.25) is 0 Å². The summed E-state index contributed by atoms with van der Waals surface area (Å²) in [5.41, 5.74) is 5.21. The van der Waals surface area contributed by atoms with Crippen LogP contribution >= 0.6 is 0 Å². The number of rotatable bonds is 3. The molecular weight excluding hydrogens is 298 g/mol. The number of pyridine rings is 1. The molecule has 4 aromatic rings. The highest BCUT2D eigenvalue weighted by molar-refractivity contribution is 5.78. The van der Waals surface area contributed by atoms with Crippen molar-refractivity contribution in [3.05, 3.63) is 72.3 Å². The molecule has 5 heteroatoms. The van der Waals surface area contributed by atoms with Crippen LogP contribution in [0.3, 0.4) is 0 Å². The van der Waals surface area contributed by atoms with Gasteiger partial charge >= 0.3 is 0 Å². The highest BCUT2D eigenvalue weighted by atomic mass is 15.1. The van der Waals surface area contributed by atoms with E-state index >= 15 is 0 Å². The van der Waals surface area contributed by atoms with Crippen molar-refractivity contribution in [1.82, 2.24) is 19.5 Å². The van der Waals surface area contributed by atoms with Gasteiger partial charge in [-0.1, -0.05) is 12.1 Å². The first-order chi connectivity index (χ1) is 11.7. The molecule has 0 atom stereocenters. The van der Waals surface area contributed by atoms with E-state index in [1.54, 1.807) is 6.20 Å². The standard InChI is InChI=1S/C19H17N5/c1-13-5-6-14(2)17(10-13)22-19-21-11-15-7-9-24(18(15)23-19)16-4-3-8-20-12-16/h3-12H,1-2H3,(H,21,22,23). The SMILES string of the molecule is Cc1ccc(C)c(Nc2ncc3ccn(-c4cccnc4)c3n2)c1. The monoisotopic (exact) mass is 315 g/mol. The second-order valence-electron chi connectivity index (χ2n) is 5.81. The van der Waals surface area contributed by atoms with Crippen LogP contribution in [0.4, 0.5) is 11.6 Å². The van der Waals surface area contributed by atoms with Crippen LogP contribution in [0, 0.1) is 13.8 Å². The van der Waals surface area contributed by atoms with Crippen molar-refractivity contribution < 1.29 is 0 Å². The third-order valence-corrected chi connectivity index (χ3v) is 3.99. The van der Waals surface area contributed by atoms with Crippen molar-refractivity contribution in [1.29, 1.82) is 0 Å². The zero-order valence-corrected chi connectivity index (χ0v) is 13.6. The Morgan fingerprint density at radius 1 is 1.04 bits per heavy atom. The Balaban J connectivity index is 1.76. The third kappa shape index (κ3) is 2.60. The summed E-state index contributed by atoms with van der Waals surface area (Å²) in [6.07, 6.45) is 7.40. The summed E-state index contributed by atoms with van der Waals surface area (Å²) in [5.74, 6) is 0.583. The molecule has 3 heterocycles. The number of benzene rings is 1. The summed E-state index contributed by atoms with van der Waals surface area (Å²) in [4.78, 5) is 13.3. The Kier molecular flexibility index (Phi) is 3.46. The smallest absolute Gasteiger partial charge is 0.229 e. The van der Waals surface area contributed by atoms with Crippen molar-refractivity contribution in [2.45, 2.75) is 13.8 Å². The van der Waals surface area contributed by atoms with E-state index in [-0.39, 0.29) is 0 Å². The van der Waals surface area contributed by atoms with Gasteiger partial charge in [0, 0.05) is 29.7 Å². The molecular formula is C19H17N5. The molecule has 3 aromatic heterocycles. The lowest BCUT2D eigenvalue weighted by Crippen LogP contribution is -2.01. The second-order valence-corrected chi connectivity index (χ2v) is 5.81. The predicted molar refractivity (Wildman–Crippen MR) is 95.9 cm³/mol. The van der Waals surface area contributed by atoms with E-state index in [1.165, 1.54) is 5.56 Å². The molecule has 118 valence electrons. The molecule has 0 fully saturated rings. The molecule has 0 aliphatic rings. The van der Waals surface area contributed by atoms with Gasteiger partial charge in [0.2, 0.25) is 5.95 Å². The lowest BCUT2D eigenvalue weighted by Gasteiger charge is -2.10. The lowest BCUT2D eigenvalue weighted by atomic mass is 10.1. The maximum atomic E-state index is 4.69. The molecule has 0 radical (unpaired) electrons. The van der Waals surface area contributed by atoms with E-state index in [1.807, 2.05) is 41.4 Å². The zero-order chi connectivity index (χ0) is 16.5. The summed E-state index contributed by atoms with van der Waals surface area (Å²) in [6.45, 7) is 4.14. The fraction of sp³-hybridized carbons (Fsp3) is 0.105. The Morgan fingerprint density at radius 2 is 1.96 bits per heavy atom. The third-order valence-electron chi connectivity index (χ3n) is 3.99. The fourth-order valence-electron chi connectivity index (χ4n) is 2.67. The average Bonchev–Trinajstić information content (AvgIpc) is 3.02. The van der Waals surface area contributed by atoms with E-state index in [0.717, 1.165) is 28.0 Å². The van der Waals surface area contributed by atoms with Gasteiger partial charge in [-0.3, -0.25) is 9.55 Å². The van der Waals surface area contributed by atoms with Gasteiger partial charge in [-0.15, -0.1) is 0 Å². The number of nitrogens with one attached hydrogen (secondary N) is 1. The minimum absolute atomic E-state index is 0.583. The summed E-state index contributed by atoms with van der Waals surface area (Å²) in [6, 6.07) is 12.2. The number of anilines is 2. The van der Waals surface area contributed by atoms with Gasteiger partial charge in [0.1, 0.15) is 5.65 Å². The van der Waals surface area contributed by atoms with E-state index < -0.39 is 0 Å². The Labute approximate surface area is 140 Å². The van der Waals surface area contributed by atoms with Crippen molar-refractivity contribution in [2.75, 3.05) is 5.32 Å². The van der Waals surface area contributed by atoms with Gasteiger partial charge in [0.05, 0.1) is 11.9 Å². The van der Waals surface area contributed by atoms with Crippen LogP contribution in [0.15, 0.2) is 61.2 Å². The van der Waals surface area contributed by atoms with E-state index in [9.17, 15) is 0 Å². The molecule has 1 N–H and O–H groups in total. The van der Waals surface area contributed by atoms with Gasteiger partial charge in [0.15, 0.2) is 0 Å². The van der Waals surface area contributed by atoms with Crippen LogP contribution < -0.4 is 5.32 Å².